The topological polar surface area (TPSA) is 26.3 Å². The predicted molar refractivity (Wildman–Crippen MR) is 61.7 cm³/mol. The van der Waals surface area contributed by atoms with E-state index in [4.69, 9.17) is 4.74 Å². The second-order valence-electron chi connectivity index (χ2n) is 4.18. The zero-order chi connectivity index (χ0) is 11.6. The molecule has 2 heteroatoms. The molecule has 0 aromatic heterocycles. The van der Waals surface area contributed by atoms with E-state index in [0.29, 0.717) is 5.56 Å². The molecule has 0 bridgehead atoms. The second-order valence-corrected chi connectivity index (χ2v) is 4.18. The Hall–Kier alpha value is -1.31. The number of ether oxygens (including phenoxy) is 1. The maximum absolute atomic E-state index is 11.5. The molecule has 0 unspecified atom stereocenters. The number of ketones is 1. The average molecular weight is 206 g/mol. The molecule has 0 atom stereocenters. The Morgan fingerprint density at radius 1 is 1.27 bits per heavy atom. The number of benzene rings is 1. The van der Waals surface area contributed by atoms with Crippen LogP contribution in [0.3, 0.4) is 0 Å². The lowest BCUT2D eigenvalue weighted by molar-refractivity contribution is 0.101. The standard InChI is InChI=1S/C13H18O2/c1-8(2)15-13-10(4)6-9(3)7-12(13)11(5)14/h6-8H,1-5H3. The molecule has 0 saturated heterocycles. The third-order valence-corrected chi connectivity index (χ3v) is 2.15. The fraction of sp³-hybridized carbons (Fsp3) is 0.462. The summed E-state index contributed by atoms with van der Waals surface area (Å²) in [5, 5.41) is 0. The summed E-state index contributed by atoms with van der Waals surface area (Å²) in [4.78, 5) is 11.5. The molecule has 1 aromatic carbocycles. The molecule has 82 valence electrons. The first-order valence-electron chi connectivity index (χ1n) is 5.20. The van der Waals surface area contributed by atoms with Gasteiger partial charge in [-0.3, -0.25) is 4.79 Å². The summed E-state index contributed by atoms with van der Waals surface area (Å²) in [5.41, 5.74) is 2.80. The van der Waals surface area contributed by atoms with Gasteiger partial charge in [0.1, 0.15) is 5.75 Å². The first-order chi connectivity index (χ1) is 6.91. The summed E-state index contributed by atoms with van der Waals surface area (Å²) in [6.45, 7) is 9.45. The third kappa shape index (κ3) is 2.82. The monoisotopic (exact) mass is 206 g/mol. The van der Waals surface area contributed by atoms with Crippen molar-refractivity contribution < 1.29 is 9.53 Å². The third-order valence-electron chi connectivity index (χ3n) is 2.15. The van der Waals surface area contributed by atoms with Crippen molar-refractivity contribution in [1.82, 2.24) is 0 Å². The highest BCUT2D eigenvalue weighted by atomic mass is 16.5. The highest BCUT2D eigenvalue weighted by molar-refractivity contribution is 5.97. The van der Waals surface area contributed by atoms with E-state index in [-0.39, 0.29) is 11.9 Å². The van der Waals surface area contributed by atoms with Crippen molar-refractivity contribution in [3.8, 4) is 5.75 Å². The quantitative estimate of drug-likeness (QED) is 0.709. The lowest BCUT2D eigenvalue weighted by Gasteiger charge is -2.16. The molecule has 0 heterocycles. The number of aryl methyl sites for hydroxylation is 2. The van der Waals surface area contributed by atoms with Crippen molar-refractivity contribution in [2.24, 2.45) is 0 Å². The van der Waals surface area contributed by atoms with Gasteiger partial charge in [-0.2, -0.15) is 0 Å². The summed E-state index contributed by atoms with van der Waals surface area (Å²) in [6, 6.07) is 3.91. The second kappa shape index (κ2) is 4.47. The highest BCUT2D eigenvalue weighted by Gasteiger charge is 2.13. The predicted octanol–water partition coefficient (Wildman–Crippen LogP) is 3.29. The molecule has 0 radical (unpaired) electrons. The molecule has 0 spiro atoms. The first-order valence-corrected chi connectivity index (χ1v) is 5.20. The van der Waals surface area contributed by atoms with E-state index in [9.17, 15) is 4.79 Å². The van der Waals surface area contributed by atoms with Crippen molar-refractivity contribution in [1.29, 1.82) is 0 Å². The largest absolute Gasteiger partial charge is 0.490 e. The van der Waals surface area contributed by atoms with Crippen LogP contribution in [0.25, 0.3) is 0 Å². The zero-order valence-corrected chi connectivity index (χ0v) is 10.0. The summed E-state index contributed by atoms with van der Waals surface area (Å²) >= 11 is 0. The molecule has 1 aromatic rings. The molecule has 0 aliphatic rings. The van der Waals surface area contributed by atoms with Gasteiger partial charge in [0.2, 0.25) is 0 Å². The molecule has 15 heavy (non-hydrogen) atoms. The van der Waals surface area contributed by atoms with Gasteiger partial charge >= 0.3 is 0 Å². The Morgan fingerprint density at radius 3 is 2.33 bits per heavy atom. The molecule has 0 fully saturated rings. The van der Waals surface area contributed by atoms with E-state index in [1.807, 2.05) is 39.8 Å². The Labute approximate surface area is 91.3 Å². The Morgan fingerprint density at radius 2 is 1.87 bits per heavy atom. The van der Waals surface area contributed by atoms with Crippen LogP contribution in [0.15, 0.2) is 12.1 Å². The number of hydrogen-bond acceptors (Lipinski definition) is 2. The van der Waals surface area contributed by atoms with E-state index in [0.717, 1.165) is 16.9 Å². The van der Waals surface area contributed by atoms with Crippen LogP contribution < -0.4 is 4.74 Å². The number of carbonyl (C=O) groups is 1. The van der Waals surface area contributed by atoms with Crippen molar-refractivity contribution >= 4 is 5.78 Å². The van der Waals surface area contributed by atoms with E-state index in [1.165, 1.54) is 0 Å². The van der Waals surface area contributed by atoms with E-state index in [2.05, 4.69) is 0 Å². The van der Waals surface area contributed by atoms with E-state index < -0.39 is 0 Å². The van der Waals surface area contributed by atoms with Crippen molar-refractivity contribution in [2.75, 3.05) is 0 Å². The summed E-state index contributed by atoms with van der Waals surface area (Å²) < 4.78 is 5.67. The molecular formula is C13H18O2. The van der Waals surface area contributed by atoms with Gasteiger partial charge in [-0.1, -0.05) is 6.07 Å². The summed E-state index contributed by atoms with van der Waals surface area (Å²) in [6.07, 6.45) is 0.0875. The summed E-state index contributed by atoms with van der Waals surface area (Å²) in [5.74, 6) is 0.778. The van der Waals surface area contributed by atoms with Gasteiger partial charge in [-0.25, -0.2) is 0 Å². The van der Waals surface area contributed by atoms with Crippen LogP contribution in [0.1, 0.15) is 42.3 Å². The average Bonchev–Trinajstić information content (AvgIpc) is 2.08. The van der Waals surface area contributed by atoms with Crippen LogP contribution in [0, 0.1) is 13.8 Å². The van der Waals surface area contributed by atoms with Crippen LogP contribution in [-0.2, 0) is 0 Å². The summed E-state index contributed by atoms with van der Waals surface area (Å²) in [7, 11) is 0. The number of rotatable bonds is 3. The van der Waals surface area contributed by atoms with Gasteiger partial charge in [-0.15, -0.1) is 0 Å². The molecule has 0 amide bonds. The lowest BCUT2D eigenvalue weighted by atomic mass is 10.0. The number of hydrogen-bond donors (Lipinski definition) is 0. The van der Waals surface area contributed by atoms with Gasteiger partial charge in [0.25, 0.3) is 0 Å². The zero-order valence-electron chi connectivity index (χ0n) is 10.0. The molecule has 2 nitrogen and oxygen atoms in total. The van der Waals surface area contributed by atoms with Gasteiger partial charge in [0.15, 0.2) is 5.78 Å². The minimum atomic E-state index is 0.0532. The van der Waals surface area contributed by atoms with Crippen LogP contribution in [0.4, 0.5) is 0 Å². The van der Waals surface area contributed by atoms with Crippen molar-refractivity contribution in [3.63, 3.8) is 0 Å². The van der Waals surface area contributed by atoms with Crippen LogP contribution in [-0.4, -0.2) is 11.9 Å². The first kappa shape index (κ1) is 11.8. The van der Waals surface area contributed by atoms with Crippen molar-refractivity contribution in [3.05, 3.63) is 28.8 Å². The van der Waals surface area contributed by atoms with Gasteiger partial charge in [0.05, 0.1) is 11.7 Å². The number of carbonyl (C=O) groups excluding carboxylic acids is 1. The number of Topliss-reactive ketones (excluding diaryl/α,β-unsaturated/α-hetero) is 1. The molecule has 0 saturated carbocycles. The Balaban J connectivity index is 3.27. The normalized spacial score (nSPS) is 10.5. The molecule has 0 aliphatic carbocycles. The minimum Gasteiger partial charge on any atom is -0.490 e. The fourth-order valence-electron chi connectivity index (χ4n) is 1.61. The van der Waals surface area contributed by atoms with E-state index in [1.54, 1.807) is 6.92 Å². The van der Waals surface area contributed by atoms with E-state index >= 15 is 0 Å². The SMILES string of the molecule is CC(=O)c1cc(C)cc(C)c1OC(C)C. The Kier molecular flexibility index (Phi) is 3.51. The molecule has 1 rings (SSSR count). The van der Waals surface area contributed by atoms with Gasteiger partial charge < -0.3 is 4.74 Å². The van der Waals surface area contributed by atoms with Crippen molar-refractivity contribution in [2.45, 2.75) is 40.7 Å². The molecule has 0 N–H and O–H groups in total. The minimum absolute atomic E-state index is 0.0532. The smallest absolute Gasteiger partial charge is 0.163 e. The Bertz CT molecular complexity index is 378. The van der Waals surface area contributed by atoms with Crippen LogP contribution in [0.2, 0.25) is 0 Å². The van der Waals surface area contributed by atoms with Gasteiger partial charge in [-0.05, 0) is 51.8 Å². The molecule has 0 aliphatic heterocycles. The highest BCUT2D eigenvalue weighted by Crippen LogP contribution is 2.26. The fourth-order valence-corrected chi connectivity index (χ4v) is 1.61. The van der Waals surface area contributed by atoms with Gasteiger partial charge in [0, 0.05) is 0 Å². The van der Waals surface area contributed by atoms with Crippen LogP contribution >= 0.6 is 0 Å². The maximum Gasteiger partial charge on any atom is 0.163 e. The maximum atomic E-state index is 11.5. The lowest BCUT2D eigenvalue weighted by Crippen LogP contribution is -2.10. The van der Waals surface area contributed by atoms with Crippen LogP contribution in [0.5, 0.6) is 5.75 Å². The molecular weight excluding hydrogens is 188 g/mol.